The van der Waals surface area contributed by atoms with Crippen molar-refractivity contribution in [2.24, 2.45) is 0 Å². The third-order valence-electron chi connectivity index (χ3n) is 5.49. The smallest absolute Gasteiger partial charge is 0.0534 e. The van der Waals surface area contributed by atoms with Gasteiger partial charge in [-0.1, -0.05) is 115 Å². The normalized spacial score (nSPS) is 10.6. The molecule has 0 bridgehead atoms. The van der Waals surface area contributed by atoms with Crippen molar-refractivity contribution in [3.05, 3.63) is 151 Å². The molecule has 5 aromatic rings. The average Bonchev–Trinajstić information content (AvgIpc) is 2.86. The quantitative estimate of drug-likeness (QED) is 0.290. The summed E-state index contributed by atoms with van der Waals surface area (Å²) in [6, 6.07) is 46.8. The highest BCUT2D eigenvalue weighted by atomic mass is 15.1. The summed E-state index contributed by atoms with van der Waals surface area (Å²) in [5.74, 6) is 0. The lowest BCUT2D eigenvalue weighted by atomic mass is 9.98. The first-order valence-electron chi connectivity index (χ1n) is 10.5. The van der Waals surface area contributed by atoms with Gasteiger partial charge in [0.15, 0.2) is 0 Å². The first-order chi connectivity index (χ1) is 15.4. The van der Waals surface area contributed by atoms with Gasteiger partial charge >= 0.3 is 0 Å². The monoisotopic (exact) mass is 397 g/mol. The molecule has 0 fully saturated rings. The van der Waals surface area contributed by atoms with E-state index in [0.29, 0.717) is 0 Å². The summed E-state index contributed by atoms with van der Waals surface area (Å²) in [5, 5.41) is 2.46. The zero-order chi connectivity index (χ0) is 20.9. The fourth-order valence-corrected chi connectivity index (χ4v) is 3.97. The molecule has 0 heterocycles. The summed E-state index contributed by atoms with van der Waals surface area (Å²) in [6.07, 6.45) is 2.27. The molecule has 0 radical (unpaired) electrons. The fraction of sp³-hybridized carbons (Fsp3) is 0. The highest BCUT2D eigenvalue weighted by Crippen LogP contribution is 2.35. The van der Waals surface area contributed by atoms with Gasteiger partial charge in [0.1, 0.15) is 0 Å². The van der Waals surface area contributed by atoms with E-state index in [0.717, 1.165) is 11.4 Å². The molecule has 148 valence electrons. The van der Waals surface area contributed by atoms with Crippen LogP contribution in [0.15, 0.2) is 140 Å². The minimum atomic E-state index is 1.13. The van der Waals surface area contributed by atoms with E-state index < -0.39 is 0 Å². The van der Waals surface area contributed by atoms with Crippen molar-refractivity contribution in [2.75, 3.05) is 4.90 Å². The molecule has 0 aromatic heterocycles. The van der Waals surface area contributed by atoms with Crippen molar-refractivity contribution in [1.82, 2.24) is 0 Å². The molecule has 0 N–H and O–H groups in total. The fourth-order valence-electron chi connectivity index (χ4n) is 3.97. The van der Waals surface area contributed by atoms with E-state index >= 15 is 0 Å². The summed E-state index contributed by atoms with van der Waals surface area (Å²) in [4.78, 5) is 2.30. The minimum absolute atomic E-state index is 1.13. The predicted octanol–water partition coefficient (Wildman–Crippen LogP) is 8.07. The van der Waals surface area contributed by atoms with E-state index in [1.165, 1.54) is 27.5 Å². The van der Waals surface area contributed by atoms with Gasteiger partial charge in [0.05, 0.1) is 5.69 Å². The Morgan fingerprint density at radius 1 is 0.484 bits per heavy atom. The Balaban J connectivity index is 1.77. The number of hydrogen-bond acceptors (Lipinski definition) is 1. The van der Waals surface area contributed by atoms with Crippen molar-refractivity contribution in [3.8, 4) is 0 Å². The van der Waals surface area contributed by atoms with Crippen LogP contribution in [0.1, 0.15) is 11.1 Å². The molecule has 31 heavy (non-hydrogen) atoms. The lowest BCUT2D eigenvalue weighted by Crippen LogP contribution is -2.10. The van der Waals surface area contributed by atoms with Crippen LogP contribution in [0, 0.1) is 0 Å². The summed E-state index contributed by atoms with van der Waals surface area (Å²) < 4.78 is 0. The molecule has 5 rings (SSSR count). The molecular formula is C30H23N. The summed E-state index contributed by atoms with van der Waals surface area (Å²) >= 11 is 0. The van der Waals surface area contributed by atoms with Gasteiger partial charge in [0.2, 0.25) is 0 Å². The van der Waals surface area contributed by atoms with Crippen LogP contribution >= 0.6 is 0 Å². The Morgan fingerprint density at radius 3 is 1.65 bits per heavy atom. The van der Waals surface area contributed by atoms with Crippen LogP contribution in [0.5, 0.6) is 0 Å². The van der Waals surface area contributed by atoms with Gasteiger partial charge in [-0.2, -0.15) is 0 Å². The number of para-hydroxylation sites is 1. The number of anilines is 2. The third-order valence-corrected chi connectivity index (χ3v) is 5.49. The predicted molar refractivity (Wildman–Crippen MR) is 132 cm³/mol. The van der Waals surface area contributed by atoms with Gasteiger partial charge in [-0.05, 0) is 34.7 Å². The van der Waals surface area contributed by atoms with Gasteiger partial charge in [0.25, 0.3) is 0 Å². The Kier molecular flexibility index (Phi) is 5.32. The van der Waals surface area contributed by atoms with Crippen molar-refractivity contribution in [2.45, 2.75) is 0 Å². The number of hydrogen-bond donors (Lipinski definition) is 0. The van der Waals surface area contributed by atoms with Crippen molar-refractivity contribution >= 4 is 27.7 Å². The van der Waals surface area contributed by atoms with E-state index in [4.69, 9.17) is 0 Å². The number of nitrogens with zero attached hydrogens (tertiary/aromatic N) is 1. The van der Waals surface area contributed by atoms with E-state index in [1.807, 2.05) is 0 Å². The van der Waals surface area contributed by atoms with Crippen LogP contribution in [0.25, 0.3) is 16.3 Å². The first kappa shape index (κ1) is 18.9. The lowest BCUT2D eigenvalue weighted by molar-refractivity contribution is 1.29. The van der Waals surface area contributed by atoms with Crippen molar-refractivity contribution in [3.63, 3.8) is 0 Å². The molecule has 0 aliphatic heterocycles. The van der Waals surface area contributed by atoms with Gasteiger partial charge in [-0.25, -0.2) is 0 Å². The summed E-state index contributed by atoms with van der Waals surface area (Å²) in [5.41, 5.74) is 5.85. The highest BCUT2D eigenvalue weighted by Gasteiger charge is 2.13. The number of fused-ring (bicyclic) bond motifs is 1. The number of rotatable bonds is 5. The molecule has 0 aliphatic rings. The van der Waals surface area contributed by atoms with Crippen LogP contribution < -0.4 is 4.90 Å². The first-order valence-corrected chi connectivity index (χ1v) is 10.5. The highest BCUT2D eigenvalue weighted by molar-refractivity contribution is 5.98. The van der Waals surface area contributed by atoms with Crippen molar-refractivity contribution < 1.29 is 0 Å². The summed E-state index contributed by atoms with van der Waals surface area (Å²) in [6.45, 7) is 0. The molecule has 1 heteroatoms. The molecule has 0 saturated carbocycles. The molecular weight excluding hydrogens is 374 g/mol. The molecule has 0 spiro atoms. The maximum absolute atomic E-state index is 2.30. The second-order valence-electron chi connectivity index (χ2n) is 7.48. The molecule has 0 atom stereocenters. The molecule has 0 saturated heterocycles. The van der Waals surface area contributed by atoms with E-state index in [9.17, 15) is 0 Å². The molecule has 0 aliphatic carbocycles. The van der Waals surface area contributed by atoms with Crippen LogP contribution in [0.3, 0.4) is 0 Å². The Hall–Kier alpha value is -4.10. The van der Waals surface area contributed by atoms with Crippen LogP contribution in [-0.4, -0.2) is 0 Å². The van der Waals surface area contributed by atoms with E-state index in [-0.39, 0.29) is 0 Å². The van der Waals surface area contributed by atoms with Gasteiger partial charge < -0.3 is 4.90 Å². The second-order valence-corrected chi connectivity index (χ2v) is 7.48. The van der Waals surface area contributed by atoms with Crippen LogP contribution in [0.4, 0.5) is 11.4 Å². The SMILES string of the molecule is C(=C(c1ccccc1)c1ccccc1)N(c1ccccc1)c1cccc2ccccc12. The standard InChI is InChI=1S/C30H23N/c1-4-13-25(14-5-1)29(26-15-6-2-7-16-26)23-31(27-19-8-3-9-20-27)30-22-12-18-24-17-10-11-21-28(24)30/h1-23H. The molecule has 0 amide bonds. The topological polar surface area (TPSA) is 3.24 Å². The zero-order valence-electron chi connectivity index (χ0n) is 17.2. The lowest BCUT2D eigenvalue weighted by Gasteiger charge is -2.25. The van der Waals surface area contributed by atoms with E-state index in [2.05, 4.69) is 145 Å². The Morgan fingerprint density at radius 2 is 1.00 bits per heavy atom. The largest absolute Gasteiger partial charge is 0.316 e. The van der Waals surface area contributed by atoms with Crippen molar-refractivity contribution in [1.29, 1.82) is 0 Å². The Labute approximate surface area is 183 Å². The van der Waals surface area contributed by atoms with Gasteiger partial charge in [-0.15, -0.1) is 0 Å². The molecule has 5 aromatic carbocycles. The van der Waals surface area contributed by atoms with Crippen LogP contribution in [-0.2, 0) is 0 Å². The molecule has 1 nitrogen and oxygen atoms in total. The number of benzene rings is 5. The molecule has 0 unspecified atom stereocenters. The van der Waals surface area contributed by atoms with Gasteiger partial charge in [0, 0.05) is 22.8 Å². The maximum Gasteiger partial charge on any atom is 0.0534 e. The second kappa shape index (κ2) is 8.73. The summed E-state index contributed by atoms with van der Waals surface area (Å²) in [7, 11) is 0. The minimum Gasteiger partial charge on any atom is -0.316 e. The van der Waals surface area contributed by atoms with Gasteiger partial charge in [-0.3, -0.25) is 0 Å². The average molecular weight is 398 g/mol. The Bertz CT molecular complexity index is 1260. The third kappa shape index (κ3) is 3.99. The zero-order valence-corrected chi connectivity index (χ0v) is 17.2. The van der Waals surface area contributed by atoms with Crippen LogP contribution in [0.2, 0.25) is 0 Å². The van der Waals surface area contributed by atoms with E-state index in [1.54, 1.807) is 0 Å². The maximum atomic E-state index is 2.30.